The summed E-state index contributed by atoms with van der Waals surface area (Å²) in [5, 5.41) is 10.4. The summed E-state index contributed by atoms with van der Waals surface area (Å²) >= 11 is 14.2. The SMILES string of the molecule is CC(C)CC(NC(=O)c1cc2ccccc2s1)C(=O)NCCN1CCN(S(=O)(=O)c2cc(Cl)c(OC3CCNC3)c(Cl)c2)CC1. The van der Waals surface area contributed by atoms with Gasteiger partial charge in [0.2, 0.25) is 15.9 Å². The van der Waals surface area contributed by atoms with Gasteiger partial charge in [-0.2, -0.15) is 4.31 Å². The number of hydrogen-bond acceptors (Lipinski definition) is 8. The molecule has 0 bridgehead atoms. The van der Waals surface area contributed by atoms with Crippen molar-refractivity contribution >= 4 is 66.5 Å². The molecule has 3 N–H and O–H groups in total. The highest BCUT2D eigenvalue weighted by Crippen LogP contribution is 2.37. The molecule has 3 aromatic rings. The van der Waals surface area contributed by atoms with Gasteiger partial charge in [-0.15, -0.1) is 11.3 Å². The van der Waals surface area contributed by atoms with Gasteiger partial charge in [-0.05, 0) is 55.0 Å². The number of benzene rings is 2. The molecule has 2 atom stereocenters. The van der Waals surface area contributed by atoms with Crippen LogP contribution in [0.4, 0.5) is 0 Å². The third kappa shape index (κ3) is 8.48. The molecule has 1 aromatic heterocycles. The summed E-state index contributed by atoms with van der Waals surface area (Å²) in [4.78, 5) is 28.8. The molecule has 2 amide bonds. The zero-order valence-electron chi connectivity index (χ0n) is 25.4. The second-order valence-electron chi connectivity index (χ2n) is 11.8. The fourth-order valence-electron chi connectivity index (χ4n) is 5.52. The second-order valence-corrected chi connectivity index (χ2v) is 15.6. The van der Waals surface area contributed by atoms with Crippen molar-refractivity contribution in [3.8, 4) is 5.75 Å². The van der Waals surface area contributed by atoms with Gasteiger partial charge in [0, 0.05) is 50.5 Å². The van der Waals surface area contributed by atoms with E-state index in [9.17, 15) is 18.0 Å². The first-order valence-corrected chi connectivity index (χ1v) is 18.2. The summed E-state index contributed by atoms with van der Waals surface area (Å²) in [6.45, 7) is 8.07. The first-order chi connectivity index (χ1) is 21.5. The average molecular weight is 697 g/mol. The van der Waals surface area contributed by atoms with E-state index in [1.165, 1.54) is 27.8 Å². The van der Waals surface area contributed by atoms with Crippen molar-refractivity contribution in [1.82, 2.24) is 25.2 Å². The number of sulfonamides is 1. The normalized spacial score (nSPS) is 18.7. The zero-order valence-corrected chi connectivity index (χ0v) is 28.5. The van der Waals surface area contributed by atoms with Crippen molar-refractivity contribution < 1.29 is 22.7 Å². The van der Waals surface area contributed by atoms with Gasteiger partial charge in [0.05, 0.1) is 19.8 Å². The molecule has 2 aliphatic rings. The van der Waals surface area contributed by atoms with Crippen molar-refractivity contribution in [2.45, 2.75) is 43.7 Å². The van der Waals surface area contributed by atoms with Crippen molar-refractivity contribution in [3.63, 3.8) is 0 Å². The van der Waals surface area contributed by atoms with Crippen LogP contribution in [0.15, 0.2) is 47.4 Å². The summed E-state index contributed by atoms with van der Waals surface area (Å²) in [6.07, 6.45) is 1.27. The largest absolute Gasteiger partial charge is 0.486 e. The highest BCUT2D eigenvalue weighted by molar-refractivity contribution is 7.89. The minimum Gasteiger partial charge on any atom is -0.486 e. The maximum absolute atomic E-state index is 13.4. The predicted molar refractivity (Wildman–Crippen MR) is 179 cm³/mol. The summed E-state index contributed by atoms with van der Waals surface area (Å²) in [6, 6.07) is 11.8. The Kier molecular flexibility index (Phi) is 11.3. The molecule has 2 aromatic carbocycles. The van der Waals surface area contributed by atoms with Crippen LogP contribution in [-0.4, -0.2) is 93.9 Å². The monoisotopic (exact) mass is 695 g/mol. The Morgan fingerprint density at radius 1 is 1.09 bits per heavy atom. The number of rotatable bonds is 12. The molecule has 14 heteroatoms. The molecule has 10 nitrogen and oxygen atoms in total. The highest BCUT2D eigenvalue weighted by Gasteiger charge is 2.31. The Morgan fingerprint density at radius 2 is 1.80 bits per heavy atom. The number of thiophene rings is 1. The van der Waals surface area contributed by atoms with Crippen LogP contribution in [0.25, 0.3) is 10.1 Å². The van der Waals surface area contributed by atoms with E-state index >= 15 is 0 Å². The molecule has 0 aliphatic carbocycles. The van der Waals surface area contributed by atoms with Gasteiger partial charge in [-0.3, -0.25) is 14.5 Å². The number of piperazine rings is 1. The Morgan fingerprint density at radius 3 is 2.44 bits per heavy atom. The summed E-state index contributed by atoms with van der Waals surface area (Å²) in [7, 11) is -3.81. The molecular formula is C31H39Cl2N5O5S2. The molecule has 2 saturated heterocycles. The van der Waals surface area contributed by atoms with Crippen LogP contribution < -0.4 is 20.7 Å². The topological polar surface area (TPSA) is 120 Å². The highest BCUT2D eigenvalue weighted by atomic mass is 35.5. The van der Waals surface area contributed by atoms with Crippen LogP contribution in [0.3, 0.4) is 0 Å². The standard InChI is InChI=1S/C31H39Cl2N5O5S2/c1-20(2)15-26(36-31(40)28-16-21-5-3-4-6-27(21)44-28)30(39)35-9-10-37-11-13-38(14-12-37)45(41,42)23-17-24(32)29(25(33)18-23)43-22-7-8-34-19-22/h3-6,16-18,20,22,26,34H,7-15,19H2,1-2H3,(H,35,39)(H,36,40). The predicted octanol–water partition coefficient (Wildman–Crippen LogP) is 4.22. The molecule has 3 heterocycles. The Balaban J connectivity index is 1.11. The van der Waals surface area contributed by atoms with Crippen molar-refractivity contribution in [3.05, 3.63) is 57.4 Å². The van der Waals surface area contributed by atoms with Crippen LogP contribution >= 0.6 is 34.5 Å². The van der Waals surface area contributed by atoms with Gasteiger partial charge in [-0.25, -0.2) is 8.42 Å². The maximum atomic E-state index is 13.4. The van der Waals surface area contributed by atoms with Gasteiger partial charge < -0.3 is 20.7 Å². The first-order valence-electron chi connectivity index (χ1n) is 15.2. The van der Waals surface area contributed by atoms with E-state index in [4.69, 9.17) is 27.9 Å². The number of amides is 2. The lowest BCUT2D eigenvalue weighted by atomic mass is 10.0. The number of nitrogens with one attached hydrogen (secondary N) is 3. The van der Waals surface area contributed by atoms with Crippen molar-refractivity contribution in [2.75, 3.05) is 52.4 Å². The smallest absolute Gasteiger partial charge is 0.262 e. The molecule has 2 fully saturated rings. The number of ether oxygens (including phenoxy) is 1. The van der Waals surface area contributed by atoms with Crippen molar-refractivity contribution in [1.29, 1.82) is 0 Å². The summed E-state index contributed by atoms with van der Waals surface area (Å²) in [5.74, 6) is 0.0136. The van der Waals surface area contributed by atoms with Crippen molar-refractivity contribution in [2.24, 2.45) is 5.92 Å². The molecule has 5 rings (SSSR count). The van der Waals surface area contributed by atoms with Crippen LogP contribution in [0.1, 0.15) is 36.4 Å². The fourth-order valence-corrected chi connectivity index (χ4v) is 8.67. The zero-order chi connectivity index (χ0) is 32.1. The van der Waals surface area contributed by atoms with E-state index in [0.29, 0.717) is 62.9 Å². The van der Waals surface area contributed by atoms with Gasteiger partial charge in [0.25, 0.3) is 5.91 Å². The van der Waals surface area contributed by atoms with Crippen LogP contribution in [0.5, 0.6) is 5.75 Å². The molecule has 244 valence electrons. The first kappa shape index (κ1) is 33.9. The van der Waals surface area contributed by atoms with Crippen LogP contribution in [-0.2, 0) is 14.8 Å². The molecule has 0 spiro atoms. The lowest BCUT2D eigenvalue weighted by Gasteiger charge is -2.34. The number of hydrogen-bond donors (Lipinski definition) is 3. The molecule has 2 aliphatic heterocycles. The average Bonchev–Trinajstić information content (AvgIpc) is 3.69. The van der Waals surface area contributed by atoms with Gasteiger partial charge >= 0.3 is 0 Å². The molecular weight excluding hydrogens is 657 g/mol. The van der Waals surface area contributed by atoms with Gasteiger partial charge in [0.1, 0.15) is 12.1 Å². The summed E-state index contributed by atoms with van der Waals surface area (Å²) < 4.78 is 35.2. The fraction of sp³-hybridized carbons (Fsp3) is 0.484. The third-order valence-corrected chi connectivity index (χ3v) is 11.5. The van der Waals surface area contributed by atoms with E-state index in [1.54, 1.807) is 0 Å². The summed E-state index contributed by atoms with van der Waals surface area (Å²) in [5.41, 5.74) is 0. The third-order valence-electron chi connectivity index (χ3n) is 7.95. The van der Waals surface area contributed by atoms with E-state index in [0.717, 1.165) is 23.1 Å². The number of halogens is 2. The van der Waals surface area contributed by atoms with E-state index in [2.05, 4.69) is 20.9 Å². The number of nitrogens with zero attached hydrogens (tertiary/aromatic N) is 2. The molecule has 0 saturated carbocycles. The van der Waals surface area contributed by atoms with Gasteiger partial charge in [0.15, 0.2) is 5.75 Å². The minimum absolute atomic E-state index is 0.0315. The Labute approximate surface area is 278 Å². The molecule has 0 radical (unpaired) electrons. The maximum Gasteiger partial charge on any atom is 0.262 e. The second kappa shape index (κ2) is 15.0. The Hall–Kier alpha value is -2.45. The lowest BCUT2D eigenvalue weighted by Crippen LogP contribution is -2.52. The van der Waals surface area contributed by atoms with E-state index in [-0.39, 0.29) is 38.8 Å². The molecule has 2 unspecified atom stereocenters. The van der Waals surface area contributed by atoms with Gasteiger partial charge in [-0.1, -0.05) is 55.2 Å². The van der Waals surface area contributed by atoms with Crippen LogP contribution in [0.2, 0.25) is 10.0 Å². The quantitative estimate of drug-likeness (QED) is 0.260. The number of carbonyl (C=O) groups is 2. The lowest BCUT2D eigenvalue weighted by molar-refractivity contribution is -0.123. The van der Waals surface area contributed by atoms with E-state index < -0.39 is 16.1 Å². The number of fused-ring (bicyclic) bond motifs is 1. The van der Waals surface area contributed by atoms with Crippen LogP contribution in [0, 0.1) is 5.92 Å². The Bertz CT molecular complexity index is 1560. The molecule has 45 heavy (non-hydrogen) atoms. The minimum atomic E-state index is -3.81. The number of carbonyl (C=O) groups excluding carboxylic acids is 2. The van der Waals surface area contributed by atoms with E-state index in [1.807, 2.05) is 44.2 Å².